The summed E-state index contributed by atoms with van der Waals surface area (Å²) in [4.78, 5) is 13.0. The van der Waals surface area contributed by atoms with Gasteiger partial charge in [0.1, 0.15) is 5.69 Å². The van der Waals surface area contributed by atoms with Gasteiger partial charge in [-0.05, 0) is 37.1 Å². The van der Waals surface area contributed by atoms with Gasteiger partial charge in [0.05, 0.1) is 15.7 Å². The van der Waals surface area contributed by atoms with E-state index in [0.29, 0.717) is 21.4 Å². The van der Waals surface area contributed by atoms with Gasteiger partial charge >= 0.3 is 0 Å². The van der Waals surface area contributed by atoms with E-state index in [-0.39, 0.29) is 5.91 Å². The maximum atomic E-state index is 13.0. The number of rotatable bonds is 5. The van der Waals surface area contributed by atoms with E-state index in [1.807, 2.05) is 19.1 Å². The molecule has 0 atom stereocenters. The number of carbonyl (C=O) groups is 1. The van der Waals surface area contributed by atoms with E-state index in [1.165, 1.54) is 0 Å². The lowest BCUT2D eigenvalue weighted by Crippen LogP contribution is -2.18. The fraction of sp³-hybridized carbons (Fsp3) is 0.250. The summed E-state index contributed by atoms with van der Waals surface area (Å²) in [7, 11) is 0. The molecule has 130 valence electrons. The van der Waals surface area contributed by atoms with Crippen molar-refractivity contribution in [3.05, 3.63) is 63.8 Å². The lowest BCUT2D eigenvalue weighted by atomic mass is 10.1. The summed E-state index contributed by atoms with van der Waals surface area (Å²) in [6.45, 7) is 4.93. The summed E-state index contributed by atoms with van der Waals surface area (Å²) in [5, 5.41) is 4.78. The minimum atomic E-state index is -0.172. The molecular weight excluding hydrogens is 355 g/mol. The number of carbonyl (C=O) groups excluding carboxylic acids is 1. The monoisotopic (exact) mass is 374 g/mol. The van der Waals surface area contributed by atoms with Gasteiger partial charge in [-0.25, -0.2) is 0 Å². The third-order valence-corrected chi connectivity index (χ3v) is 5.19. The lowest BCUT2D eigenvalue weighted by molar-refractivity contribution is 0.101. The number of nitrogens with one attached hydrogen (secondary N) is 1. The first kappa shape index (κ1) is 17.8. The predicted octanol–water partition coefficient (Wildman–Crippen LogP) is 6.31. The van der Waals surface area contributed by atoms with Crippen LogP contribution >= 0.6 is 23.2 Å². The van der Waals surface area contributed by atoms with E-state index in [1.54, 1.807) is 18.2 Å². The van der Waals surface area contributed by atoms with Crippen LogP contribution < -0.4 is 5.32 Å². The van der Waals surface area contributed by atoms with Crippen molar-refractivity contribution in [2.24, 2.45) is 0 Å². The average Bonchev–Trinajstić information content (AvgIpc) is 2.89. The van der Waals surface area contributed by atoms with Gasteiger partial charge in [-0.1, -0.05) is 60.8 Å². The number of aryl methyl sites for hydroxylation is 2. The molecule has 0 fully saturated rings. The van der Waals surface area contributed by atoms with Crippen LogP contribution in [0, 0.1) is 6.92 Å². The third kappa shape index (κ3) is 3.39. The third-order valence-electron chi connectivity index (χ3n) is 4.37. The molecule has 5 heteroatoms. The van der Waals surface area contributed by atoms with Crippen LogP contribution in [0.3, 0.4) is 0 Å². The number of benzene rings is 2. The van der Waals surface area contributed by atoms with Crippen LogP contribution in [0.5, 0.6) is 0 Å². The molecule has 3 rings (SSSR count). The summed E-state index contributed by atoms with van der Waals surface area (Å²) in [5.74, 6) is -0.172. The quantitative estimate of drug-likeness (QED) is 0.557. The number of amides is 1. The van der Waals surface area contributed by atoms with Crippen LogP contribution in [0.2, 0.25) is 10.0 Å². The standard InChI is InChI=1S/C20H20Cl2N2O/c1-3-4-12-24-17-11-6-5-8-14(17)13(2)19(24)20(25)23-16-10-7-9-15(21)18(16)22/h5-11H,3-4,12H2,1-2H3,(H,23,25). The Morgan fingerprint density at radius 2 is 1.88 bits per heavy atom. The molecule has 1 amide bonds. The molecule has 0 spiro atoms. The molecule has 0 saturated heterocycles. The number of halogens is 2. The van der Waals surface area contributed by atoms with Crippen molar-refractivity contribution in [1.29, 1.82) is 0 Å². The second-order valence-corrected chi connectivity index (χ2v) is 6.84. The fourth-order valence-electron chi connectivity index (χ4n) is 3.10. The van der Waals surface area contributed by atoms with Crippen molar-refractivity contribution in [1.82, 2.24) is 4.57 Å². The molecule has 0 aliphatic carbocycles. The summed E-state index contributed by atoms with van der Waals surface area (Å²) in [5.41, 5.74) is 3.25. The van der Waals surface area contributed by atoms with Crippen LogP contribution in [-0.4, -0.2) is 10.5 Å². The summed E-state index contributed by atoms with van der Waals surface area (Å²) in [6, 6.07) is 13.3. The molecule has 1 aromatic heterocycles. The first-order valence-electron chi connectivity index (χ1n) is 8.37. The largest absolute Gasteiger partial charge is 0.336 e. The molecule has 25 heavy (non-hydrogen) atoms. The molecule has 0 aliphatic heterocycles. The van der Waals surface area contributed by atoms with Crippen LogP contribution in [0.15, 0.2) is 42.5 Å². The number of nitrogens with zero attached hydrogens (tertiary/aromatic N) is 1. The molecule has 2 aromatic carbocycles. The van der Waals surface area contributed by atoms with Crippen molar-refractivity contribution in [2.45, 2.75) is 33.2 Å². The number of unbranched alkanes of at least 4 members (excludes halogenated alkanes) is 1. The number of para-hydroxylation sites is 1. The highest BCUT2D eigenvalue weighted by Crippen LogP contribution is 2.31. The highest BCUT2D eigenvalue weighted by Gasteiger charge is 2.20. The normalized spacial score (nSPS) is 11.0. The predicted molar refractivity (Wildman–Crippen MR) is 106 cm³/mol. The van der Waals surface area contributed by atoms with Crippen molar-refractivity contribution in [3.8, 4) is 0 Å². The van der Waals surface area contributed by atoms with E-state index >= 15 is 0 Å². The highest BCUT2D eigenvalue weighted by molar-refractivity contribution is 6.44. The van der Waals surface area contributed by atoms with Crippen LogP contribution in [0.1, 0.15) is 35.8 Å². The Labute approximate surface area is 157 Å². The number of fused-ring (bicyclic) bond motifs is 1. The Bertz CT molecular complexity index is 931. The maximum Gasteiger partial charge on any atom is 0.272 e. The van der Waals surface area contributed by atoms with Crippen molar-refractivity contribution >= 4 is 45.7 Å². The zero-order valence-electron chi connectivity index (χ0n) is 14.3. The molecule has 3 aromatic rings. The van der Waals surface area contributed by atoms with Gasteiger partial charge in [-0.15, -0.1) is 0 Å². The maximum absolute atomic E-state index is 13.0. The Balaban J connectivity index is 2.06. The second kappa shape index (κ2) is 7.51. The van der Waals surface area contributed by atoms with Gasteiger partial charge in [-0.3, -0.25) is 4.79 Å². The van der Waals surface area contributed by atoms with Gasteiger partial charge in [-0.2, -0.15) is 0 Å². The van der Waals surface area contributed by atoms with E-state index in [2.05, 4.69) is 28.9 Å². The Morgan fingerprint density at radius 3 is 2.64 bits per heavy atom. The van der Waals surface area contributed by atoms with Crippen molar-refractivity contribution < 1.29 is 4.79 Å². The topological polar surface area (TPSA) is 34.0 Å². The van der Waals surface area contributed by atoms with Gasteiger partial charge in [0.2, 0.25) is 0 Å². The molecule has 0 unspecified atom stereocenters. The van der Waals surface area contributed by atoms with Gasteiger partial charge in [0.25, 0.3) is 5.91 Å². The zero-order valence-corrected chi connectivity index (χ0v) is 15.8. The zero-order chi connectivity index (χ0) is 18.0. The van der Waals surface area contributed by atoms with Crippen LogP contribution in [-0.2, 0) is 6.54 Å². The number of anilines is 1. The molecule has 0 saturated carbocycles. The van der Waals surface area contributed by atoms with Crippen LogP contribution in [0.25, 0.3) is 10.9 Å². The van der Waals surface area contributed by atoms with Gasteiger partial charge in [0.15, 0.2) is 0 Å². The van der Waals surface area contributed by atoms with Crippen molar-refractivity contribution in [3.63, 3.8) is 0 Å². The Hall–Kier alpha value is -1.97. The number of hydrogen-bond acceptors (Lipinski definition) is 1. The molecule has 0 aliphatic rings. The first-order chi connectivity index (χ1) is 12.0. The Kier molecular flexibility index (Phi) is 5.36. The molecule has 1 heterocycles. The molecular formula is C20H20Cl2N2O. The summed E-state index contributed by atoms with van der Waals surface area (Å²) < 4.78 is 2.10. The number of aromatic nitrogens is 1. The van der Waals surface area contributed by atoms with Crippen LogP contribution in [0.4, 0.5) is 5.69 Å². The Morgan fingerprint density at radius 1 is 1.12 bits per heavy atom. The minimum Gasteiger partial charge on any atom is -0.336 e. The smallest absolute Gasteiger partial charge is 0.272 e. The molecule has 0 bridgehead atoms. The van der Waals surface area contributed by atoms with Crippen molar-refractivity contribution in [2.75, 3.05) is 5.32 Å². The average molecular weight is 375 g/mol. The fourth-order valence-corrected chi connectivity index (χ4v) is 3.45. The van der Waals surface area contributed by atoms with Gasteiger partial charge < -0.3 is 9.88 Å². The SMILES string of the molecule is CCCCn1c(C(=O)Nc2cccc(Cl)c2Cl)c(C)c2ccccc21. The molecule has 3 nitrogen and oxygen atoms in total. The van der Waals surface area contributed by atoms with E-state index < -0.39 is 0 Å². The second-order valence-electron chi connectivity index (χ2n) is 6.05. The summed E-state index contributed by atoms with van der Waals surface area (Å²) >= 11 is 12.3. The molecule has 1 N–H and O–H groups in total. The first-order valence-corrected chi connectivity index (χ1v) is 9.13. The highest BCUT2D eigenvalue weighted by atomic mass is 35.5. The molecule has 0 radical (unpaired) electrons. The van der Waals surface area contributed by atoms with E-state index in [0.717, 1.165) is 35.9 Å². The minimum absolute atomic E-state index is 0.172. The van der Waals surface area contributed by atoms with E-state index in [4.69, 9.17) is 23.2 Å². The number of hydrogen-bond donors (Lipinski definition) is 1. The van der Waals surface area contributed by atoms with Gasteiger partial charge in [0, 0.05) is 17.4 Å². The van der Waals surface area contributed by atoms with E-state index in [9.17, 15) is 4.79 Å². The summed E-state index contributed by atoms with van der Waals surface area (Å²) in [6.07, 6.45) is 2.07. The lowest BCUT2D eigenvalue weighted by Gasteiger charge is -2.12.